The van der Waals surface area contributed by atoms with E-state index in [0.717, 1.165) is 18.7 Å². The highest BCUT2D eigenvalue weighted by Gasteiger charge is 2.30. The first kappa shape index (κ1) is 14.2. The van der Waals surface area contributed by atoms with Crippen molar-refractivity contribution in [2.24, 2.45) is 5.92 Å². The summed E-state index contributed by atoms with van der Waals surface area (Å²) in [7, 11) is 3.79. The van der Waals surface area contributed by atoms with Gasteiger partial charge in [-0.1, -0.05) is 36.4 Å². The molecule has 0 fully saturated rings. The zero-order valence-corrected chi connectivity index (χ0v) is 12.8. The number of nitrogens with one attached hydrogen (secondary N) is 1. The summed E-state index contributed by atoms with van der Waals surface area (Å²) in [5, 5.41) is 3.37. The molecule has 1 aliphatic carbocycles. The highest BCUT2D eigenvalue weighted by Crippen LogP contribution is 2.41. The third-order valence-electron chi connectivity index (χ3n) is 4.57. The van der Waals surface area contributed by atoms with Gasteiger partial charge in [0.2, 0.25) is 0 Å². The molecule has 0 aromatic heterocycles. The van der Waals surface area contributed by atoms with Gasteiger partial charge in [-0.15, -0.1) is 0 Å². The molecule has 2 heteroatoms. The number of benzene rings is 2. The molecule has 2 atom stereocenters. The molecule has 2 aromatic rings. The normalized spacial score (nSPS) is 20.9. The number of fused-ring (bicyclic) bond motifs is 1. The lowest BCUT2D eigenvalue weighted by molar-refractivity contribution is 0.389. The van der Waals surface area contributed by atoms with Gasteiger partial charge in [0.05, 0.1) is 7.11 Å². The molecule has 0 spiro atoms. The van der Waals surface area contributed by atoms with Gasteiger partial charge in [0, 0.05) is 5.92 Å². The minimum Gasteiger partial charge on any atom is -0.497 e. The zero-order valence-electron chi connectivity index (χ0n) is 12.8. The Balaban J connectivity index is 2.04. The van der Waals surface area contributed by atoms with Crippen LogP contribution in [-0.4, -0.2) is 20.7 Å². The molecule has 21 heavy (non-hydrogen) atoms. The third-order valence-corrected chi connectivity index (χ3v) is 4.57. The largest absolute Gasteiger partial charge is 0.497 e. The monoisotopic (exact) mass is 281 g/mol. The van der Waals surface area contributed by atoms with E-state index in [0.29, 0.717) is 11.8 Å². The second kappa shape index (κ2) is 6.31. The number of methoxy groups -OCH3 is 1. The standard InChI is InChI=1S/C19H23NO/c1-20-13-16-9-8-15-12-17(21-2)10-11-18(15)19(16)14-6-4-3-5-7-14/h3-7,10-12,16,19-20H,8-9,13H2,1-2H3/t16-,19+/m1/s1. The molecule has 1 aliphatic rings. The second-order valence-electron chi connectivity index (χ2n) is 5.81. The first-order valence-electron chi connectivity index (χ1n) is 7.70. The fourth-order valence-corrected chi connectivity index (χ4v) is 3.58. The van der Waals surface area contributed by atoms with E-state index in [1.807, 2.05) is 7.05 Å². The molecule has 0 unspecified atom stereocenters. The van der Waals surface area contributed by atoms with Gasteiger partial charge in [0.1, 0.15) is 5.75 Å². The predicted octanol–water partition coefficient (Wildman–Crippen LogP) is 3.61. The molecular weight excluding hydrogens is 258 g/mol. The maximum Gasteiger partial charge on any atom is 0.119 e. The van der Waals surface area contributed by atoms with E-state index in [1.54, 1.807) is 7.11 Å². The van der Waals surface area contributed by atoms with Crippen LogP contribution in [0.4, 0.5) is 0 Å². The van der Waals surface area contributed by atoms with Crippen molar-refractivity contribution < 1.29 is 4.74 Å². The fourth-order valence-electron chi connectivity index (χ4n) is 3.58. The maximum atomic E-state index is 5.38. The second-order valence-corrected chi connectivity index (χ2v) is 5.81. The molecule has 0 saturated heterocycles. The first-order chi connectivity index (χ1) is 10.3. The summed E-state index contributed by atoms with van der Waals surface area (Å²) < 4.78 is 5.38. The Bertz CT molecular complexity index is 594. The molecule has 0 bridgehead atoms. The average molecular weight is 281 g/mol. The Hall–Kier alpha value is -1.80. The quantitative estimate of drug-likeness (QED) is 0.924. The Kier molecular flexibility index (Phi) is 4.26. The summed E-state index contributed by atoms with van der Waals surface area (Å²) in [6.07, 6.45) is 2.36. The van der Waals surface area contributed by atoms with Crippen molar-refractivity contribution in [1.82, 2.24) is 5.32 Å². The van der Waals surface area contributed by atoms with Gasteiger partial charge in [-0.2, -0.15) is 0 Å². The van der Waals surface area contributed by atoms with Gasteiger partial charge in [0.15, 0.2) is 0 Å². The smallest absolute Gasteiger partial charge is 0.119 e. The van der Waals surface area contributed by atoms with Gasteiger partial charge in [0.25, 0.3) is 0 Å². The first-order valence-corrected chi connectivity index (χ1v) is 7.70. The van der Waals surface area contributed by atoms with Gasteiger partial charge < -0.3 is 10.1 Å². The van der Waals surface area contributed by atoms with Crippen LogP contribution >= 0.6 is 0 Å². The van der Waals surface area contributed by atoms with Gasteiger partial charge in [-0.3, -0.25) is 0 Å². The summed E-state index contributed by atoms with van der Waals surface area (Å²) in [4.78, 5) is 0. The van der Waals surface area contributed by atoms with Crippen molar-refractivity contribution in [3.63, 3.8) is 0 Å². The zero-order chi connectivity index (χ0) is 14.7. The molecule has 0 saturated carbocycles. The molecule has 2 aromatic carbocycles. The molecule has 3 rings (SSSR count). The Labute approximate surface area is 127 Å². The molecule has 0 amide bonds. The van der Waals surface area contributed by atoms with Gasteiger partial charge in [-0.05, 0) is 61.2 Å². The Morgan fingerprint density at radius 2 is 1.95 bits per heavy atom. The van der Waals surface area contributed by atoms with Crippen LogP contribution in [0, 0.1) is 5.92 Å². The van der Waals surface area contributed by atoms with Crippen molar-refractivity contribution in [1.29, 1.82) is 0 Å². The highest BCUT2D eigenvalue weighted by molar-refractivity contribution is 5.44. The van der Waals surface area contributed by atoms with E-state index >= 15 is 0 Å². The molecular formula is C19H23NO. The Morgan fingerprint density at radius 3 is 2.67 bits per heavy atom. The van der Waals surface area contributed by atoms with Crippen molar-refractivity contribution in [2.75, 3.05) is 20.7 Å². The molecule has 1 N–H and O–H groups in total. The predicted molar refractivity (Wildman–Crippen MR) is 87.0 cm³/mol. The van der Waals surface area contributed by atoms with Crippen LogP contribution in [0.5, 0.6) is 5.75 Å². The molecule has 110 valence electrons. The van der Waals surface area contributed by atoms with Crippen LogP contribution in [-0.2, 0) is 6.42 Å². The van der Waals surface area contributed by atoms with E-state index < -0.39 is 0 Å². The van der Waals surface area contributed by atoms with Crippen molar-refractivity contribution >= 4 is 0 Å². The summed E-state index contributed by atoms with van der Waals surface area (Å²) in [5.74, 6) is 2.10. The van der Waals surface area contributed by atoms with E-state index in [2.05, 4.69) is 53.8 Å². The lowest BCUT2D eigenvalue weighted by Crippen LogP contribution is -2.29. The number of aryl methyl sites for hydroxylation is 1. The van der Waals surface area contributed by atoms with Crippen LogP contribution in [0.25, 0.3) is 0 Å². The number of hydrogen-bond donors (Lipinski definition) is 1. The third kappa shape index (κ3) is 2.81. The van der Waals surface area contributed by atoms with E-state index in [1.165, 1.54) is 23.1 Å². The van der Waals surface area contributed by atoms with Gasteiger partial charge in [-0.25, -0.2) is 0 Å². The van der Waals surface area contributed by atoms with Crippen molar-refractivity contribution in [2.45, 2.75) is 18.8 Å². The Morgan fingerprint density at radius 1 is 1.14 bits per heavy atom. The maximum absolute atomic E-state index is 5.38. The summed E-state index contributed by atoms with van der Waals surface area (Å²) in [6.45, 7) is 1.06. The molecule has 0 radical (unpaired) electrons. The average Bonchev–Trinajstić information content (AvgIpc) is 2.55. The van der Waals surface area contributed by atoms with E-state index in [4.69, 9.17) is 4.74 Å². The van der Waals surface area contributed by atoms with Crippen LogP contribution in [0.2, 0.25) is 0 Å². The van der Waals surface area contributed by atoms with Crippen LogP contribution in [0.3, 0.4) is 0 Å². The van der Waals surface area contributed by atoms with Gasteiger partial charge >= 0.3 is 0 Å². The van der Waals surface area contributed by atoms with E-state index in [9.17, 15) is 0 Å². The lowest BCUT2D eigenvalue weighted by Gasteiger charge is -2.34. The highest BCUT2D eigenvalue weighted by atomic mass is 16.5. The van der Waals surface area contributed by atoms with Crippen molar-refractivity contribution in [3.05, 3.63) is 65.2 Å². The molecule has 0 aliphatic heterocycles. The number of rotatable bonds is 4. The van der Waals surface area contributed by atoms with Crippen LogP contribution < -0.4 is 10.1 Å². The number of ether oxygens (including phenoxy) is 1. The van der Waals surface area contributed by atoms with E-state index in [-0.39, 0.29) is 0 Å². The van der Waals surface area contributed by atoms with Crippen LogP contribution in [0.1, 0.15) is 29.0 Å². The minimum atomic E-state index is 0.480. The minimum absolute atomic E-state index is 0.480. The molecule has 2 nitrogen and oxygen atoms in total. The van der Waals surface area contributed by atoms with Crippen LogP contribution in [0.15, 0.2) is 48.5 Å². The fraction of sp³-hybridized carbons (Fsp3) is 0.368. The summed E-state index contributed by atoms with van der Waals surface area (Å²) >= 11 is 0. The number of hydrogen-bond acceptors (Lipinski definition) is 2. The summed E-state index contributed by atoms with van der Waals surface area (Å²) in [6, 6.07) is 17.5. The lowest BCUT2D eigenvalue weighted by atomic mass is 9.72. The topological polar surface area (TPSA) is 21.3 Å². The SMILES string of the molecule is CNC[C@H]1CCc2cc(OC)ccc2[C@H]1c1ccccc1. The summed E-state index contributed by atoms with van der Waals surface area (Å²) in [5.41, 5.74) is 4.33. The van der Waals surface area contributed by atoms with Crippen molar-refractivity contribution in [3.8, 4) is 5.75 Å². The molecule has 0 heterocycles.